The number of ether oxygens (including phenoxy) is 1. The molecule has 0 unspecified atom stereocenters. The van der Waals surface area contributed by atoms with Crippen LogP contribution in [0, 0.1) is 12.3 Å². The van der Waals surface area contributed by atoms with E-state index >= 15 is 0 Å². The van der Waals surface area contributed by atoms with Gasteiger partial charge in [-0.2, -0.15) is 4.98 Å². The topological polar surface area (TPSA) is 71.7 Å². The molecule has 1 spiro atoms. The van der Waals surface area contributed by atoms with Crippen molar-refractivity contribution in [3.63, 3.8) is 0 Å². The molecule has 21 heavy (non-hydrogen) atoms. The number of hydrogen-bond donors (Lipinski definition) is 0. The van der Waals surface area contributed by atoms with Crippen molar-refractivity contribution in [2.45, 2.75) is 25.7 Å². The Labute approximate surface area is 124 Å². The van der Waals surface area contributed by atoms with Crippen LogP contribution in [0.25, 0.3) is 0 Å². The number of urea groups is 1. The Morgan fingerprint density at radius 3 is 2.67 bits per heavy atom. The first-order valence-electron chi connectivity index (χ1n) is 7.36. The highest BCUT2D eigenvalue weighted by Crippen LogP contribution is 2.49. The smallest absolute Gasteiger partial charge is 0.319 e. The van der Waals surface area contributed by atoms with Crippen molar-refractivity contribution in [3.8, 4) is 0 Å². The molecule has 7 heteroatoms. The standard InChI is InChI=1S/C14H22N4O3/c1-10-15-12(21-16-10)11-8-18(13(19)17(2)3)9-14(11)4-6-20-7-5-14/h11H,4-9H2,1-3H3/t11-/m1/s1. The second kappa shape index (κ2) is 5.29. The molecule has 0 aliphatic carbocycles. The van der Waals surface area contributed by atoms with Crippen LogP contribution in [0.1, 0.15) is 30.5 Å². The van der Waals surface area contributed by atoms with Crippen LogP contribution in [-0.4, -0.2) is 66.4 Å². The van der Waals surface area contributed by atoms with Crippen molar-refractivity contribution < 1.29 is 14.1 Å². The quantitative estimate of drug-likeness (QED) is 0.779. The largest absolute Gasteiger partial charge is 0.381 e. The molecular formula is C14H22N4O3. The first kappa shape index (κ1) is 14.3. The summed E-state index contributed by atoms with van der Waals surface area (Å²) in [4.78, 5) is 20.2. The van der Waals surface area contributed by atoms with E-state index in [1.54, 1.807) is 19.0 Å². The number of nitrogens with zero attached hydrogens (tertiary/aromatic N) is 4. The number of aryl methyl sites for hydroxylation is 1. The van der Waals surface area contributed by atoms with Gasteiger partial charge in [0.25, 0.3) is 0 Å². The fourth-order valence-corrected chi connectivity index (χ4v) is 3.48. The van der Waals surface area contributed by atoms with Crippen molar-refractivity contribution >= 4 is 6.03 Å². The number of rotatable bonds is 1. The predicted octanol–water partition coefficient (Wildman–Crippen LogP) is 1.26. The molecule has 2 aliphatic heterocycles. The predicted molar refractivity (Wildman–Crippen MR) is 74.9 cm³/mol. The summed E-state index contributed by atoms with van der Waals surface area (Å²) < 4.78 is 10.9. The molecule has 3 rings (SSSR count). The minimum absolute atomic E-state index is 0.00287. The van der Waals surface area contributed by atoms with E-state index in [1.165, 1.54) is 0 Å². The van der Waals surface area contributed by atoms with Gasteiger partial charge in [-0.15, -0.1) is 0 Å². The number of carbonyl (C=O) groups excluding carboxylic acids is 1. The zero-order valence-electron chi connectivity index (χ0n) is 12.8. The number of carbonyl (C=O) groups is 1. The highest BCUT2D eigenvalue weighted by Gasteiger charge is 2.51. The molecule has 1 aromatic heterocycles. The molecule has 2 aliphatic rings. The maximum absolute atomic E-state index is 12.3. The summed E-state index contributed by atoms with van der Waals surface area (Å²) in [5.74, 6) is 1.40. The minimum Gasteiger partial charge on any atom is -0.381 e. The molecule has 2 amide bonds. The van der Waals surface area contributed by atoms with Crippen molar-refractivity contribution in [1.82, 2.24) is 19.9 Å². The van der Waals surface area contributed by atoms with Crippen LogP contribution in [0.2, 0.25) is 0 Å². The van der Waals surface area contributed by atoms with Crippen LogP contribution in [0.4, 0.5) is 4.79 Å². The molecule has 1 aromatic rings. The Hall–Kier alpha value is -1.63. The number of likely N-dealkylation sites (tertiary alicyclic amines) is 1. The molecule has 116 valence electrons. The zero-order valence-corrected chi connectivity index (χ0v) is 12.8. The van der Waals surface area contributed by atoms with E-state index in [1.807, 2.05) is 11.8 Å². The summed E-state index contributed by atoms with van der Waals surface area (Å²) in [7, 11) is 3.56. The highest BCUT2D eigenvalue weighted by atomic mass is 16.5. The van der Waals surface area contributed by atoms with E-state index in [4.69, 9.17) is 9.26 Å². The van der Waals surface area contributed by atoms with E-state index in [-0.39, 0.29) is 17.4 Å². The number of aromatic nitrogens is 2. The lowest BCUT2D eigenvalue weighted by Gasteiger charge is -2.36. The summed E-state index contributed by atoms with van der Waals surface area (Å²) in [5, 5.41) is 3.91. The Morgan fingerprint density at radius 2 is 2.10 bits per heavy atom. The van der Waals surface area contributed by atoms with Gasteiger partial charge in [-0.25, -0.2) is 4.79 Å². The molecule has 0 bridgehead atoms. The normalized spacial score (nSPS) is 24.5. The SMILES string of the molecule is Cc1noc([C@H]2CN(C(=O)N(C)C)CC23CCOCC3)n1. The van der Waals surface area contributed by atoms with E-state index in [2.05, 4.69) is 10.1 Å². The molecule has 2 saturated heterocycles. The van der Waals surface area contributed by atoms with Crippen LogP contribution < -0.4 is 0 Å². The van der Waals surface area contributed by atoms with E-state index in [0.717, 1.165) is 32.6 Å². The first-order valence-corrected chi connectivity index (χ1v) is 7.36. The van der Waals surface area contributed by atoms with Gasteiger partial charge in [0.15, 0.2) is 5.82 Å². The summed E-state index contributed by atoms with van der Waals surface area (Å²) in [6.07, 6.45) is 1.85. The third kappa shape index (κ3) is 2.50. The van der Waals surface area contributed by atoms with Crippen LogP contribution in [-0.2, 0) is 4.74 Å². The Morgan fingerprint density at radius 1 is 1.38 bits per heavy atom. The van der Waals surface area contributed by atoms with Gasteiger partial charge >= 0.3 is 6.03 Å². The van der Waals surface area contributed by atoms with Crippen molar-refractivity contribution in [2.24, 2.45) is 5.41 Å². The van der Waals surface area contributed by atoms with Crippen LogP contribution in [0.15, 0.2) is 4.52 Å². The number of amides is 2. The third-order valence-electron chi connectivity index (χ3n) is 4.63. The Bertz CT molecular complexity index is 522. The van der Waals surface area contributed by atoms with Gasteiger partial charge in [0.05, 0.1) is 5.92 Å². The molecule has 0 aromatic carbocycles. The molecule has 1 atom stereocenters. The fraction of sp³-hybridized carbons (Fsp3) is 0.786. The van der Waals surface area contributed by atoms with Gasteiger partial charge in [0.2, 0.25) is 5.89 Å². The Kier molecular flexibility index (Phi) is 3.61. The summed E-state index contributed by atoms with van der Waals surface area (Å²) >= 11 is 0. The maximum atomic E-state index is 12.3. The average molecular weight is 294 g/mol. The van der Waals surface area contributed by atoms with Gasteiger partial charge < -0.3 is 19.1 Å². The molecule has 3 heterocycles. The summed E-state index contributed by atoms with van der Waals surface area (Å²) in [6, 6.07) is 0.0413. The Balaban J connectivity index is 1.89. The lowest BCUT2D eigenvalue weighted by atomic mass is 9.72. The maximum Gasteiger partial charge on any atom is 0.319 e. The van der Waals surface area contributed by atoms with Gasteiger partial charge in [0.1, 0.15) is 0 Å². The van der Waals surface area contributed by atoms with Gasteiger partial charge in [-0.1, -0.05) is 5.16 Å². The van der Waals surface area contributed by atoms with E-state index in [9.17, 15) is 4.79 Å². The minimum atomic E-state index is 0.00287. The van der Waals surface area contributed by atoms with Crippen LogP contribution in [0.5, 0.6) is 0 Å². The highest BCUT2D eigenvalue weighted by molar-refractivity contribution is 5.74. The molecule has 0 saturated carbocycles. The second-order valence-electron chi connectivity index (χ2n) is 6.26. The molecular weight excluding hydrogens is 272 g/mol. The van der Waals surface area contributed by atoms with Gasteiger partial charge in [-0.05, 0) is 19.8 Å². The van der Waals surface area contributed by atoms with Crippen LogP contribution in [0.3, 0.4) is 0 Å². The van der Waals surface area contributed by atoms with E-state index < -0.39 is 0 Å². The molecule has 7 nitrogen and oxygen atoms in total. The first-order chi connectivity index (χ1) is 10.0. The summed E-state index contributed by atoms with van der Waals surface area (Å²) in [6.45, 7) is 4.65. The monoisotopic (exact) mass is 294 g/mol. The van der Waals surface area contributed by atoms with Gasteiger partial charge in [0, 0.05) is 45.8 Å². The fourth-order valence-electron chi connectivity index (χ4n) is 3.48. The van der Waals surface area contributed by atoms with Crippen molar-refractivity contribution in [3.05, 3.63) is 11.7 Å². The second-order valence-corrected chi connectivity index (χ2v) is 6.26. The summed E-state index contributed by atoms with van der Waals surface area (Å²) in [5.41, 5.74) is 0.00287. The number of hydrogen-bond acceptors (Lipinski definition) is 5. The third-order valence-corrected chi connectivity index (χ3v) is 4.63. The zero-order chi connectivity index (χ0) is 15.0. The van der Waals surface area contributed by atoms with Crippen molar-refractivity contribution in [1.29, 1.82) is 0 Å². The lowest BCUT2D eigenvalue weighted by molar-refractivity contribution is 0.00911. The molecule has 0 radical (unpaired) electrons. The van der Waals surface area contributed by atoms with Crippen molar-refractivity contribution in [2.75, 3.05) is 40.4 Å². The molecule has 2 fully saturated rings. The molecule has 0 N–H and O–H groups in total. The van der Waals surface area contributed by atoms with E-state index in [0.29, 0.717) is 18.3 Å². The van der Waals surface area contributed by atoms with Crippen LogP contribution >= 0.6 is 0 Å². The van der Waals surface area contributed by atoms with Gasteiger partial charge in [-0.3, -0.25) is 0 Å². The average Bonchev–Trinajstić information content (AvgIpc) is 3.03. The lowest BCUT2D eigenvalue weighted by Crippen LogP contribution is -2.40.